The van der Waals surface area contributed by atoms with Gasteiger partial charge in [-0.1, -0.05) is 61.0 Å². The van der Waals surface area contributed by atoms with Crippen LogP contribution in [0.15, 0.2) is 72.8 Å². The van der Waals surface area contributed by atoms with Crippen LogP contribution in [0.25, 0.3) is 22.1 Å². The second-order valence-electron chi connectivity index (χ2n) is 7.87. The summed E-state index contributed by atoms with van der Waals surface area (Å²) < 4.78 is 0. The molecule has 2 atom stereocenters. The number of aromatic nitrogens is 4. The molecule has 5 aromatic rings. The fourth-order valence-electron chi connectivity index (χ4n) is 4.13. The van der Waals surface area contributed by atoms with Gasteiger partial charge in [0.05, 0.1) is 22.1 Å². The Hall–Kier alpha value is -3.40. The Balaban J connectivity index is 1.58. The highest BCUT2D eigenvalue weighted by Crippen LogP contribution is 2.35. The van der Waals surface area contributed by atoms with Crippen molar-refractivity contribution in [2.75, 3.05) is 0 Å². The number of imidazole rings is 2. The van der Waals surface area contributed by atoms with E-state index in [0.717, 1.165) is 40.1 Å². The van der Waals surface area contributed by atoms with Crippen LogP contribution >= 0.6 is 0 Å². The molecular formula is C25H24N4. The largest absolute Gasteiger partial charge is 0.342 e. The monoisotopic (exact) mass is 380 g/mol. The average Bonchev–Trinajstić information content (AvgIpc) is 3.35. The zero-order valence-electron chi connectivity index (χ0n) is 16.7. The molecule has 0 aliphatic carbocycles. The summed E-state index contributed by atoms with van der Waals surface area (Å²) in [5.41, 5.74) is 6.77. The lowest BCUT2D eigenvalue weighted by atomic mass is 9.86. The Kier molecular flexibility index (Phi) is 4.39. The van der Waals surface area contributed by atoms with E-state index in [1.807, 2.05) is 24.3 Å². The Labute approximate surface area is 170 Å². The number of nitrogens with zero attached hydrogens (tertiary/aromatic N) is 2. The summed E-state index contributed by atoms with van der Waals surface area (Å²) in [4.78, 5) is 16.9. The summed E-state index contributed by atoms with van der Waals surface area (Å²) in [6, 6.07) is 25.2. The molecule has 29 heavy (non-hydrogen) atoms. The van der Waals surface area contributed by atoms with Crippen LogP contribution < -0.4 is 0 Å². The highest BCUT2D eigenvalue weighted by Gasteiger charge is 2.27. The van der Waals surface area contributed by atoms with Crippen LogP contribution in [-0.2, 0) is 6.42 Å². The molecule has 2 N–H and O–H groups in total. The number of hydrogen-bond donors (Lipinski definition) is 2. The number of nitrogens with one attached hydrogen (secondary N) is 2. The maximum atomic E-state index is 4.93. The van der Waals surface area contributed by atoms with E-state index in [1.54, 1.807) is 0 Å². The number of aromatic amines is 2. The molecule has 144 valence electrons. The number of fused-ring (bicyclic) bond motifs is 2. The minimum absolute atomic E-state index is 0.184. The SMILES string of the molecule is Cc1cccc(C[C@H](c2nc3ccccc3[nH]2)[C@@H](C)c2nc3ccccc3[nH]2)c1. The number of hydrogen-bond acceptors (Lipinski definition) is 2. The number of para-hydroxylation sites is 4. The highest BCUT2D eigenvalue weighted by atomic mass is 15.0. The van der Waals surface area contributed by atoms with Crippen LogP contribution in [0.2, 0.25) is 0 Å². The Morgan fingerprint density at radius 3 is 2.03 bits per heavy atom. The molecule has 2 aromatic heterocycles. The first kappa shape index (κ1) is 17.7. The van der Waals surface area contributed by atoms with Crippen molar-refractivity contribution in [3.8, 4) is 0 Å². The van der Waals surface area contributed by atoms with Crippen molar-refractivity contribution in [2.45, 2.75) is 32.1 Å². The van der Waals surface area contributed by atoms with Gasteiger partial charge in [-0.2, -0.15) is 0 Å². The molecule has 4 nitrogen and oxygen atoms in total. The van der Waals surface area contributed by atoms with E-state index in [-0.39, 0.29) is 11.8 Å². The van der Waals surface area contributed by atoms with Crippen molar-refractivity contribution in [3.63, 3.8) is 0 Å². The molecule has 3 aromatic carbocycles. The third kappa shape index (κ3) is 3.42. The zero-order chi connectivity index (χ0) is 19.8. The van der Waals surface area contributed by atoms with E-state index in [1.165, 1.54) is 11.1 Å². The fourth-order valence-corrected chi connectivity index (χ4v) is 4.13. The van der Waals surface area contributed by atoms with Crippen molar-refractivity contribution in [1.29, 1.82) is 0 Å². The molecule has 0 radical (unpaired) electrons. The first-order chi connectivity index (χ1) is 14.2. The van der Waals surface area contributed by atoms with Gasteiger partial charge in [0.15, 0.2) is 0 Å². The Morgan fingerprint density at radius 1 is 0.759 bits per heavy atom. The van der Waals surface area contributed by atoms with E-state index in [9.17, 15) is 0 Å². The molecule has 0 saturated carbocycles. The van der Waals surface area contributed by atoms with Gasteiger partial charge in [-0.15, -0.1) is 0 Å². The number of rotatable bonds is 5. The first-order valence-electron chi connectivity index (χ1n) is 10.1. The lowest BCUT2D eigenvalue weighted by molar-refractivity contribution is 0.530. The lowest BCUT2D eigenvalue weighted by Gasteiger charge is -2.21. The van der Waals surface area contributed by atoms with E-state index in [2.05, 4.69) is 72.3 Å². The maximum absolute atomic E-state index is 4.93. The third-order valence-corrected chi connectivity index (χ3v) is 5.74. The van der Waals surface area contributed by atoms with Gasteiger partial charge in [-0.05, 0) is 43.2 Å². The second-order valence-corrected chi connectivity index (χ2v) is 7.87. The standard InChI is InChI=1S/C25H24N4/c1-16-8-7-9-18(14-16)15-19(25-28-22-12-5-6-13-23(22)29-25)17(2)24-26-20-10-3-4-11-21(20)27-24/h3-14,17,19H,15H2,1-2H3,(H,26,27)(H,28,29)/t17-,19+/m1/s1. The Morgan fingerprint density at radius 2 is 1.38 bits per heavy atom. The minimum Gasteiger partial charge on any atom is -0.342 e. The van der Waals surface area contributed by atoms with Crippen molar-refractivity contribution >= 4 is 22.1 Å². The molecule has 0 aliphatic heterocycles. The van der Waals surface area contributed by atoms with Crippen LogP contribution in [0.5, 0.6) is 0 Å². The molecule has 0 bridgehead atoms. The molecule has 0 amide bonds. The van der Waals surface area contributed by atoms with E-state index < -0.39 is 0 Å². The van der Waals surface area contributed by atoms with Gasteiger partial charge in [0.2, 0.25) is 0 Å². The molecule has 2 heterocycles. The fraction of sp³-hybridized carbons (Fsp3) is 0.200. The van der Waals surface area contributed by atoms with Gasteiger partial charge < -0.3 is 9.97 Å². The number of benzene rings is 3. The summed E-state index contributed by atoms with van der Waals surface area (Å²) >= 11 is 0. The van der Waals surface area contributed by atoms with Crippen LogP contribution in [-0.4, -0.2) is 19.9 Å². The zero-order valence-corrected chi connectivity index (χ0v) is 16.7. The van der Waals surface area contributed by atoms with Crippen molar-refractivity contribution in [2.24, 2.45) is 0 Å². The summed E-state index contributed by atoms with van der Waals surface area (Å²) in [5, 5.41) is 0. The molecule has 0 saturated heterocycles. The molecular weight excluding hydrogens is 356 g/mol. The van der Waals surface area contributed by atoms with Crippen molar-refractivity contribution in [1.82, 2.24) is 19.9 Å². The van der Waals surface area contributed by atoms with Crippen LogP contribution in [0.1, 0.15) is 41.5 Å². The molecule has 0 unspecified atom stereocenters. The smallest absolute Gasteiger partial charge is 0.111 e. The summed E-state index contributed by atoms with van der Waals surface area (Å²) in [5.74, 6) is 2.39. The van der Waals surface area contributed by atoms with Gasteiger partial charge >= 0.3 is 0 Å². The molecule has 4 heteroatoms. The number of aryl methyl sites for hydroxylation is 1. The van der Waals surface area contributed by atoms with E-state index >= 15 is 0 Å². The average molecular weight is 380 g/mol. The maximum Gasteiger partial charge on any atom is 0.111 e. The molecule has 5 rings (SSSR count). The quantitative estimate of drug-likeness (QED) is 0.400. The third-order valence-electron chi connectivity index (χ3n) is 5.74. The second kappa shape index (κ2) is 7.21. The summed E-state index contributed by atoms with van der Waals surface area (Å²) in [6.45, 7) is 4.38. The summed E-state index contributed by atoms with van der Waals surface area (Å²) in [7, 11) is 0. The van der Waals surface area contributed by atoms with Gasteiger partial charge in [0, 0.05) is 11.8 Å². The predicted molar refractivity (Wildman–Crippen MR) is 118 cm³/mol. The van der Waals surface area contributed by atoms with Gasteiger partial charge in [0.25, 0.3) is 0 Å². The van der Waals surface area contributed by atoms with Gasteiger partial charge in [-0.25, -0.2) is 9.97 Å². The topological polar surface area (TPSA) is 57.4 Å². The highest BCUT2D eigenvalue weighted by molar-refractivity contribution is 5.75. The first-order valence-corrected chi connectivity index (χ1v) is 10.1. The molecule has 0 spiro atoms. The van der Waals surface area contributed by atoms with Crippen molar-refractivity contribution in [3.05, 3.63) is 95.6 Å². The predicted octanol–water partition coefficient (Wildman–Crippen LogP) is 5.88. The minimum atomic E-state index is 0.184. The van der Waals surface area contributed by atoms with E-state index in [0.29, 0.717) is 0 Å². The van der Waals surface area contributed by atoms with Crippen LogP contribution in [0.4, 0.5) is 0 Å². The van der Waals surface area contributed by atoms with Crippen molar-refractivity contribution < 1.29 is 0 Å². The van der Waals surface area contributed by atoms with Gasteiger partial charge in [0.1, 0.15) is 11.6 Å². The number of H-pyrrole nitrogens is 2. The summed E-state index contributed by atoms with van der Waals surface area (Å²) in [6.07, 6.45) is 0.902. The molecule has 0 aliphatic rings. The van der Waals surface area contributed by atoms with Crippen LogP contribution in [0, 0.1) is 6.92 Å². The normalized spacial score (nSPS) is 13.7. The molecule has 0 fully saturated rings. The van der Waals surface area contributed by atoms with Gasteiger partial charge in [-0.3, -0.25) is 0 Å². The Bertz CT molecular complexity index is 1210. The lowest BCUT2D eigenvalue weighted by Crippen LogP contribution is -2.14. The van der Waals surface area contributed by atoms with Crippen LogP contribution in [0.3, 0.4) is 0 Å². The van der Waals surface area contributed by atoms with E-state index in [4.69, 9.17) is 9.97 Å².